The lowest BCUT2D eigenvalue weighted by Crippen LogP contribution is -2.48. The first-order valence-electron chi connectivity index (χ1n) is 8.27. The summed E-state index contributed by atoms with van der Waals surface area (Å²) in [6.45, 7) is 0.723. The summed E-state index contributed by atoms with van der Waals surface area (Å²) in [5, 5.41) is 15.0. The molecule has 0 radical (unpaired) electrons. The van der Waals surface area contributed by atoms with Crippen LogP contribution in [0.1, 0.15) is 15.9 Å². The molecule has 2 aliphatic rings. The third-order valence-electron chi connectivity index (χ3n) is 4.52. The highest BCUT2D eigenvalue weighted by Crippen LogP contribution is 2.35. The molecule has 9 nitrogen and oxygen atoms in total. The van der Waals surface area contributed by atoms with Crippen molar-refractivity contribution in [2.45, 2.75) is 5.50 Å². The zero-order chi connectivity index (χ0) is 20.0. The van der Waals surface area contributed by atoms with Gasteiger partial charge in [-0.05, 0) is 11.5 Å². The minimum Gasteiger partial charge on any atom is -0.477 e. The Balaban J connectivity index is 1.89. The molecule has 0 aliphatic carbocycles. The minimum atomic E-state index is -1.37. The van der Waals surface area contributed by atoms with Gasteiger partial charge < -0.3 is 24.3 Å². The zero-order valence-electron chi connectivity index (χ0n) is 15.0. The van der Waals surface area contributed by atoms with Gasteiger partial charge in [0, 0.05) is 19.4 Å². The van der Waals surface area contributed by atoms with Crippen molar-refractivity contribution in [3.8, 4) is 0 Å². The fourth-order valence-electron chi connectivity index (χ4n) is 3.14. The van der Waals surface area contributed by atoms with E-state index in [2.05, 4.69) is 10.1 Å². The molecule has 1 unspecified atom stereocenters. The summed E-state index contributed by atoms with van der Waals surface area (Å²) in [7, 11) is 3.26. The molecular weight excluding hydrogens is 389 g/mol. The first-order valence-corrected chi connectivity index (χ1v) is 9.21. The maximum absolute atomic E-state index is 14.7. The fraction of sp³-hybridized carbons (Fsp3) is 0.294. The number of fused-ring (bicyclic) bond motifs is 1. The van der Waals surface area contributed by atoms with E-state index >= 15 is 0 Å². The quantitative estimate of drug-likeness (QED) is 0.767. The fourth-order valence-corrected chi connectivity index (χ4v) is 4.10. The first kappa shape index (κ1) is 18.3. The highest BCUT2D eigenvalue weighted by Gasteiger charge is 2.29. The second-order valence-electron chi connectivity index (χ2n) is 6.36. The molecule has 2 aromatic rings. The Kier molecular flexibility index (Phi) is 4.46. The molecule has 146 valence electrons. The van der Waals surface area contributed by atoms with Crippen LogP contribution in [0.15, 0.2) is 33.8 Å². The number of aromatic carboxylic acids is 1. The number of oxime groups is 1. The standard InChI is InChI=1S/C17H16FN5O4S/c1-21-3-4-28-17(21)23-8-11(16(25)26)13(24)10-5-12(18)15(19-14(10)23)22-6-9(7-22)20-27-2/h3-5,8,17H,6-7H2,1-2H3,(H,25,26). The van der Waals surface area contributed by atoms with E-state index < -0.39 is 22.8 Å². The summed E-state index contributed by atoms with van der Waals surface area (Å²) in [5.41, 5.74) is -0.565. The summed E-state index contributed by atoms with van der Waals surface area (Å²) in [5.74, 6) is -1.98. The van der Waals surface area contributed by atoms with E-state index in [1.807, 2.05) is 23.6 Å². The number of hydrogen-bond acceptors (Lipinski definition) is 8. The molecule has 4 rings (SSSR count). The summed E-state index contributed by atoms with van der Waals surface area (Å²) < 4.78 is 16.3. The average Bonchev–Trinajstić information content (AvgIpc) is 3.04. The predicted octanol–water partition coefficient (Wildman–Crippen LogP) is 1.66. The molecule has 0 amide bonds. The van der Waals surface area contributed by atoms with Gasteiger partial charge in [-0.3, -0.25) is 4.79 Å². The van der Waals surface area contributed by atoms with Gasteiger partial charge in [-0.1, -0.05) is 16.9 Å². The van der Waals surface area contributed by atoms with Gasteiger partial charge in [0.05, 0.1) is 24.2 Å². The largest absolute Gasteiger partial charge is 0.477 e. The molecular formula is C17H16FN5O4S. The van der Waals surface area contributed by atoms with Crippen molar-refractivity contribution in [1.29, 1.82) is 0 Å². The lowest BCUT2D eigenvalue weighted by atomic mass is 10.1. The van der Waals surface area contributed by atoms with E-state index in [9.17, 15) is 19.1 Å². The highest BCUT2D eigenvalue weighted by atomic mass is 32.2. The molecule has 2 aliphatic heterocycles. The zero-order valence-corrected chi connectivity index (χ0v) is 15.8. The Hall–Kier alpha value is -3.08. The second-order valence-corrected chi connectivity index (χ2v) is 7.32. The SMILES string of the molecule is CON=C1CN(c2nc3c(cc2F)c(=O)c(C(=O)O)cn3C2SC=CN2C)C1. The summed E-state index contributed by atoms with van der Waals surface area (Å²) in [6.07, 6.45) is 3.09. The lowest BCUT2D eigenvalue weighted by molar-refractivity contribution is 0.0694. The van der Waals surface area contributed by atoms with Crippen molar-refractivity contribution in [3.63, 3.8) is 0 Å². The molecule has 0 aromatic carbocycles. The van der Waals surface area contributed by atoms with Gasteiger partial charge in [-0.2, -0.15) is 0 Å². The topological polar surface area (TPSA) is 100 Å². The van der Waals surface area contributed by atoms with Gasteiger partial charge in [-0.15, -0.1) is 0 Å². The molecule has 11 heteroatoms. The van der Waals surface area contributed by atoms with Crippen LogP contribution in [0.25, 0.3) is 11.0 Å². The summed E-state index contributed by atoms with van der Waals surface area (Å²) in [6, 6.07) is 1.06. The molecule has 0 spiro atoms. The number of anilines is 1. The Morgan fingerprint density at radius 2 is 2.21 bits per heavy atom. The number of hydrogen-bond donors (Lipinski definition) is 1. The van der Waals surface area contributed by atoms with Crippen LogP contribution in [0.5, 0.6) is 0 Å². The summed E-state index contributed by atoms with van der Waals surface area (Å²) >= 11 is 1.42. The Bertz CT molecular complexity index is 1090. The van der Waals surface area contributed by atoms with Crippen LogP contribution < -0.4 is 10.3 Å². The monoisotopic (exact) mass is 405 g/mol. The third kappa shape index (κ3) is 2.87. The number of nitrogens with zero attached hydrogens (tertiary/aromatic N) is 5. The van der Waals surface area contributed by atoms with Crippen LogP contribution >= 0.6 is 11.8 Å². The Labute approximate surface area is 162 Å². The first-order chi connectivity index (χ1) is 13.4. The number of carboxylic acids is 1. The molecule has 1 N–H and O–H groups in total. The number of halogens is 1. The van der Waals surface area contributed by atoms with Gasteiger partial charge in [0.15, 0.2) is 17.1 Å². The van der Waals surface area contributed by atoms with E-state index in [-0.39, 0.29) is 22.3 Å². The van der Waals surface area contributed by atoms with Crippen molar-refractivity contribution >= 4 is 40.3 Å². The number of thioether (sulfide) groups is 1. The van der Waals surface area contributed by atoms with Crippen molar-refractivity contribution in [2.24, 2.45) is 5.16 Å². The van der Waals surface area contributed by atoms with Gasteiger partial charge in [-0.25, -0.2) is 14.2 Å². The molecule has 1 saturated heterocycles. The van der Waals surface area contributed by atoms with Crippen molar-refractivity contribution < 1.29 is 19.1 Å². The predicted molar refractivity (Wildman–Crippen MR) is 103 cm³/mol. The van der Waals surface area contributed by atoms with Crippen molar-refractivity contribution in [2.75, 3.05) is 32.1 Å². The van der Waals surface area contributed by atoms with Crippen LogP contribution in [0.4, 0.5) is 10.2 Å². The van der Waals surface area contributed by atoms with E-state index in [0.29, 0.717) is 13.1 Å². The molecule has 1 atom stereocenters. The van der Waals surface area contributed by atoms with Gasteiger partial charge >= 0.3 is 5.97 Å². The summed E-state index contributed by atoms with van der Waals surface area (Å²) in [4.78, 5) is 36.7. The number of carboxylic acid groups (broad SMARTS) is 1. The molecule has 0 saturated carbocycles. The van der Waals surface area contributed by atoms with Crippen LogP contribution in [-0.4, -0.2) is 58.5 Å². The Morgan fingerprint density at radius 1 is 1.46 bits per heavy atom. The van der Waals surface area contributed by atoms with E-state index in [4.69, 9.17) is 4.84 Å². The lowest BCUT2D eigenvalue weighted by Gasteiger charge is -2.33. The van der Waals surface area contributed by atoms with Gasteiger partial charge in [0.25, 0.3) is 0 Å². The van der Waals surface area contributed by atoms with Crippen molar-refractivity contribution in [3.05, 3.63) is 45.5 Å². The van der Waals surface area contributed by atoms with E-state index in [1.54, 1.807) is 9.47 Å². The second kappa shape index (κ2) is 6.82. The van der Waals surface area contributed by atoms with Crippen molar-refractivity contribution in [1.82, 2.24) is 14.5 Å². The van der Waals surface area contributed by atoms with Crippen LogP contribution in [0.2, 0.25) is 0 Å². The minimum absolute atomic E-state index is 0.0756. The highest BCUT2D eigenvalue weighted by molar-refractivity contribution is 8.02. The molecule has 0 bridgehead atoms. The maximum Gasteiger partial charge on any atom is 0.341 e. The van der Waals surface area contributed by atoms with Crippen LogP contribution in [0.3, 0.4) is 0 Å². The smallest absolute Gasteiger partial charge is 0.341 e. The van der Waals surface area contributed by atoms with Gasteiger partial charge in [0.2, 0.25) is 5.43 Å². The number of carbonyl (C=O) groups is 1. The normalized spacial score (nSPS) is 18.5. The maximum atomic E-state index is 14.7. The Morgan fingerprint density at radius 3 is 2.82 bits per heavy atom. The molecule has 28 heavy (non-hydrogen) atoms. The van der Waals surface area contributed by atoms with Crippen LogP contribution in [0, 0.1) is 5.82 Å². The number of rotatable bonds is 4. The number of pyridine rings is 2. The average molecular weight is 405 g/mol. The molecule has 1 fully saturated rings. The van der Waals surface area contributed by atoms with Crippen LogP contribution in [-0.2, 0) is 4.84 Å². The van der Waals surface area contributed by atoms with E-state index in [1.165, 1.54) is 25.1 Å². The third-order valence-corrected chi connectivity index (χ3v) is 5.60. The molecule has 4 heterocycles. The molecule has 2 aromatic heterocycles. The van der Waals surface area contributed by atoms with E-state index in [0.717, 1.165) is 11.8 Å². The van der Waals surface area contributed by atoms with Gasteiger partial charge in [0.1, 0.15) is 18.3 Å². The number of aromatic nitrogens is 2.